The van der Waals surface area contributed by atoms with Gasteiger partial charge in [0.25, 0.3) is 5.91 Å². The molecule has 0 bridgehead atoms. The van der Waals surface area contributed by atoms with Crippen molar-refractivity contribution in [3.05, 3.63) is 46.4 Å². The van der Waals surface area contributed by atoms with Gasteiger partial charge in [0.15, 0.2) is 0 Å². The van der Waals surface area contributed by atoms with Crippen LogP contribution in [0.3, 0.4) is 0 Å². The van der Waals surface area contributed by atoms with Crippen molar-refractivity contribution in [1.82, 2.24) is 9.97 Å². The Balaban J connectivity index is 2.21. The minimum absolute atomic E-state index is 0.254. The molecule has 1 aromatic carbocycles. The van der Waals surface area contributed by atoms with Crippen LogP contribution in [0.4, 0.5) is 11.5 Å². The number of carbonyl (C=O) groups is 1. The summed E-state index contributed by atoms with van der Waals surface area (Å²) in [4.78, 5) is 23.3. The molecule has 0 aliphatic heterocycles. The van der Waals surface area contributed by atoms with Crippen molar-refractivity contribution < 1.29 is 4.79 Å². The molecule has 128 valence electrons. The molecule has 0 aliphatic rings. The average Bonchev–Trinajstić information content (AvgIpc) is 2.54. The van der Waals surface area contributed by atoms with Crippen molar-refractivity contribution in [3.63, 3.8) is 0 Å². The number of carbonyl (C=O) groups excluding carboxylic acids is 1. The number of benzene rings is 1. The average molecular weight is 347 g/mol. The highest BCUT2D eigenvalue weighted by Crippen LogP contribution is 2.20. The molecule has 0 saturated heterocycles. The van der Waals surface area contributed by atoms with Gasteiger partial charge in [0, 0.05) is 30.4 Å². The summed E-state index contributed by atoms with van der Waals surface area (Å²) in [5.74, 6) is 1.08. The topological polar surface area (TPSA) is 58.1 Å². The van der Waals surface area contributed by atoms with Gasteiger partial charge in [-0.25, -0.2) is 9.97 Å². The highest BCUT2D eigenvalue weighted by Gasteiger charge is 2.14. The molecule has 1 aromatic heterocycles. The van der Waals surface area contributed by atoms with Crippen LogP contribution in [0.15, 0.2) is 24.3 Å². The lowest BCUT2D eigenvalue weighted by molar-refractivity contribution is 0.102. The van der Waals surface area contributed by atoms with Crippen LogP contribution in [0.5, 0.6) is 0 Å². The number of unbranched alkanes of at least 4 members (excludes halogenated alkanes) is 1. The molecular formula is C18H23ClN4O. The summed E-state index contributed by atoms with van der Waals surface area (Å²) in [7, 11) is 1.97. The number of hydrogen-bond donors (Lipinski definition) is 1. The van der Waals surface area contributed by atoms with Gasteiger partial charge in [0.1, 0.15) is 17.3 Å². The fraction of sp³-hybridized carbons (Fsp3) is 0.389. The maximum absolute atomic E-state index is 12.5. The number of halogens is 1. The lowest BCUT2D eigenvalue weighted by Crippen LogP contribution is -2.22. The quantitative estimate of drug-likeness (QED) is 0.850. The lowest BCUT2D eigenvalue weighted by atomic mass is 10.2. The van der Waals surface area contributed by atoms with Crippen LogP contribution >= 0.6 is 11.6 Å². The molecule has 0 saturated carbocycles. The first-order chi connectivity index (χ1) is 11.4. The van der Waals surface area contributed by atoms with Crippen molar-refractivity contribution in [2.45, 2.75) is 33.6 Å². The Morgan fingerprint density at radius 3 is 2.67 bits per heavy atom. The van der Waals surface area contributed by atoms with Gasteiger partial charge in [-0.3, -0.25) is 4.79 Å². The SMILES string of the molecule is CCCCN(C)c1cc(C(=O)Nc2ccc(Cl)cc2C)nc(C)n1. The van der Waals surface area contributed by atoms with Crippen LogP contribution in [0.2, 0.25) is 5.02 Å². The van der Waals surface area contributed by atoms with Gasteiger partial charge >= 0.3 is 0 Å². The molecule has 2 aromatic rings. The Morgan fingerprint density at radius 2 is 2.00 bits per heavy atom. The van der Waals surface area contributed by atoms with Gasteiger partial charge in [0.05, 0.1) is 0 Å². The zero-order valence-corrected chi connectivity index (χ0v) is 15.3. The van der Waals surface area contributed by atoms with E-state index in [1.807, 2.05) is 24.9 Å². The Hall–Kier alpha value is -2.14. The maximum atomic E-state index is 12.5. The minimum atomic E-state index is -0.254. The number of rotatable bonds is 6. The Kier molecular flexibility index (Phi) is 6.15. The molecule has 6 heteroatoms. The number of aromatic nitrogens is 2. The molecule has 5 nitrogen and oxygen atoms in total. The second kappa shape index (κ2) is 8.11. The molecule has 0 unspecified atom stereocenters. The van der Waals surface area contributed by atoms with Gasteiger partial charge in [-0.2, -0.15) is 0 Å². The van der Waals surface area contributed by atoms with Crippen LogP contribution in [0, 0.1) is 13.8 Å². The fourth-order valence-corrected chi connectivity index (χ4v) is 2.55. The third kappa shape index (κ3) is 4.68. The standard InChI is InChI=1S/C18H23ClN4O/c1-5-6-9-23(4)17-11-16(20-13(3)21-17)18(24)22-15-8-7-14(19)10-12(15)2/h7-8,10-11H,5-6,9H2,1-4H3,(H,22,24). The monoisotopic (exact) mass is 346 g/mol. The molecule has 2 rings (SSSR count). The molecule has 0 atom stereocenters. The molecule has 0 fully saturated rings. The predicted octanol–water partition coefficient (Wildman–Crippen LogP) is 4.24. The Morgan fingerprint density at radius 1 is 1.25 bits per heavy atom. The first-order valence-corrected chi connectivity index (χ1v) is 8.43. The summed E-state index contributed by atoms with van der Waals surface area (Å²) in [5.41, 5.74) is 1.98. The molecule has 1 N–H and O–H groups in total. The minimum Gasteiger partial charge on any atom is -0.360 e. The first kappa shape index (κ1) is 18.2. The molecule has 0 radical (unpaired) electrons. The van der Waals surface area contributed by atoms with Gasteiger partial charge in [-0.15, -0.1) is 0 Å². The van der Waals surface area contributed by atoms with Crippen molar-refractivity contribution in [1.29, 1.82) is 0 Å². The largest absolute Gasteiger partial charge is 0.360 e. The second-order valence-corrected chi connectivity index (χ2v) is 6.28. The van der Waals surface area contributed by atoms with Gasteiger partial charge in [-0.1, -0.05) is 24.9 Å². The maximum Gasteiger partial charge on any atom is 0.274 e. The van der Waals surface area contributed by atoms with Crippen molar-refractivity contribution in [2.75, 3.05) is 23.8 Å². The molecule has 1 heterocycles. The number of amides is 1. The van der Waals surface area contributed by atoms with E-state index < -0.39 is 0 Å². The van der Waals surface area contributed by atoms with E-state index in [0.717, 1.165) is 36.5 Å². The van der Waals surface area contributed by atoms with E-state index in [9.17, 15) is 4.79 Å². The molecular weight excluding hydrogens is 324 g/mol. The van der Waals surface area contributed by atoms with Crippen molar-refractivity contribution in [2.24, 2.45) is 0 Å². The van der Waals surface area contributed by atoms with Crippen LogP contribution in [0.1, 0.15) is 41.6 Å². The van der Waals surface area contributed by atoms with Crippen molar-refractivity contribution in [3.8, 4) is 0 Å². The lowest BCUT2D eigenvalue weighted by Gasteiger charge is -2.18. The van der Waals surface area contributed by atoms with Gasteiger partial charge in [-0.05, 0) is 44.0 Å². The van der Waals surface area contributed by atoms with Gasteiger partial charge in [0.2, 0.25) is 0 Å². The number of hydrogen-bond acceptors (Lipinski definition) is 4. The summed E-state index contributed by atoms with van der Waals surface area (Å²) in [6.07, 6.45) is 2.18. The van der Waals surface area contributed by atoms with Crippen LogP contribution < -0.4 is 10.2 Å². The third-order valence-corrected chi connectivity index (χ3v) is 3.97. The molecule has 24 heavy (non-hydrogen) atoms. The molecule has 0 spiro atoms. The van der Waals surface area contributed by atoms with E-state index in [1.165, 1.54) is 0 Å². The van der Waals surface area contributed by atoms with E-state index in [1.54, 1.807) is 25.1 Å². The second-order valence-electron chi connectivity index (χ2n) is 5.85. The summed E-state index contributed by atoms with van der Waals surface area (Å²) in [5, 5.41) is 3.53. The summed E-state index contributed by atoms with van der Waals surface area (Å²) in [6, 6.07) is 7.08. The first-order valence-electron chi connectivity index (χ1n) is 8.05. The van der Waals surface area contributed by atoms with Crippen LogP contribution in [-0.2, 0) is 0 Å². The number of aryl methyl sites for hydroxylation is 2. The smallest absolute Gasteiger partial charge is 0.274 e. The Bertz CT molecular complexity index is 733. The van der Waals surface area contributed by atoms with E-state index in [4.69, 9.17) is 11.6 Å². The van der Waals surface area contributed by atoms with Crippen molar-refractivity contribution >= 4 is 29.0 Å². The molecule has 1 amide bonds. The summed E-state index contributed by atoms with van der Waals surface area (Å²) >= 11 is 5.95. The normalized spacial score (nSPS) is 10.5. The predicted molar refractivity (Wildman–Crippen MR) is 99.1 cm³/mol. The third-order valence-electron chi connectivity index (χ3n) is 3.73. The van der Waals surface area contributed by atoms with Gasteiger partial charge < -0.3 is 10.2 Å². The summed E-state index contributed by atoms with van der Waals surface area (Å²) in [6.45, 7) is 6.73. The fourth-order valence-electron chi connectivity index (χ4n) is 2.33. The van der Waals surface area contributed by atoms with Crippen LogP contribution in [-0.4, -0.2) is 29.5 Å². The zero-order chi connectivity index (χ0) is 17.7. The number of nitrogens with one attached hydrogen (secondary N) is 1. The van der Waals surface area contributed by atoms with E-state index in [-0.39, 0.29) is 5.91 Å². The van der Waals surface area contributed by atoms with Crippen LogP contribution in [0.25, 0.3) is 0 Å². The number of nitrogens with zero attached hydrogens (tertiary/aromatic N) is 3. The zero-order valence-electron chi connectivity index (χ0n) is 14.6. The highest BCUT2D eigenvalue weighted by atomic mass is 35.5. The van der Waals surface area contributed by atoms with E-state index in [2.05, 4.69) is 22.2 Å². The molecule has 0 aliphatic carbocycles. The number of anilines is 2. The van der Waals surface area contributed by atoms with E-state index >= 15 is 0 Å². The summed E-state index contributed by atoms with van der Waals surface area (Å²) < 4.78 is 0. The van der Waals surface area contributed by atoms with E-state index in [0.29, 0.717) is 16.5 Å². The Labute approximate surface area is 148 Å². The highest BCUT2D eigenvalue weighted by molar-refractivity contribution is 6.30.